The van der Waals surface area contributed by atoms with Crippen molar-refractivity contribution in [3.63, 3.8) is 0 Å². The number of benzene rings is 1. The largest absolute Gasteiger partial charge is 0.493 e. The Kier molecular flexibility index (Phi) is 6.95. The van der Waals surface area contributed by atoms with Gasteiger partial charge in [-0.05, 0) is 31.0 Å². The van der Waals surface area contributed by atoms with Crippen LogP contribution in [0.25, 0.3) is 6.08 Å². The van der Waals surface area contributed by atoms with Crippen molar-refractivity contribution in [1.29, 1.82) is 0 Å². The van der Waals surface area contributed by atoms with E-state index < -0.39 is 17.9 Å². The van der Waals surface area contributed by atoms with Crippen molar-refractivity contribution < 1.29 is 24.2 Å². The molecule has 0 saturated carbocycles. The summed E-state index contributed by atoms with van der Waals surface area (Å²) in [6.07, 6.45) is 4.12. The first-order chi connectivity index (χ1) is 10.5. The predicted octanol–water partition coefficient (Wildman–Crippen LogP) is 2.09. The Bertz CT molecular complexity index is 553. The fraction of sp³-hybridized carbons (Fsp3) is 0.375. The van der Waals surface area contributed by atoms with E-state index in [1.165, 1.54) is 7.11 Å². The van der Waals surface area contributed by atoms with Crippen LogP contribution in [-0.4, -0.2) is 36.7 Å². The molecule has 120 valence electrons. The van der Waals surface area contributed by atoms with Gasteiger partial charge in [0, 0.05) is 0 Å². The highest BCUT2D eigenvalue weighted by molar-refractivity contribution is 5.84. The molecule has 22 heavy (non-hydrogen) atoms. The fourth-order valence-corrected chi connectivity index (χ4v) is 1.82. The molecule has 1 amide bonds. The molecule has 1 atom stereocenters. The van der Waals surface area contributed by atoms with Gasteiger partial charge in [-0.25, -0.2) is 4.79 Å². The van der Waals surface area contributed by atoms with Gasteiger partial charge >= 0.3 is 5.97 Å². The van der Waals surface area contributed by atoms with Crippen molar-refractivity contribution in [3.8, 4) is 11.5 Å². The molecule has 0 spiro atoms. The summed E-state index contributed by atoms with van der Waals surface area (Å²) in [6, 6.07) is 4.42. The Labute approximate surface area is 129 Å². The highest BCUT2D eigenvalue weighted by Crippen LogP contribution is 2.28. The van der Waals surface area contributed by atoms with Crippen LogP contribution in [0.15, 0.2) is 24.3 Å². The maximum absolute atomic E-state index is 11.7. The lowest BCUT2D eigenvalue weighted by Crippen LogP contribution is -2.42. The zero-order chi connectivity index (χ0) is 16.5. The summed E-state index contributed by atoms with van der Waals surface area (Å²) >= 11 is 0. The number of amides is 1. The van der Waals surface area contributed by atoms with Gasteiger partial charge in [0.25, 0.3) is 5.91 Å². The van der Waals surface area contributed by atoms with Crippen LogP contribution in [0.5, 0.6) is 11.5 Å². The van der Waals surface area contributed by atoms with Crippen LogP contribution >= 0.6 is 0 Å². The van der Waals surface area contributed by atoms with E-state index in [-0.39, 0.29) is 6.61 Å². The lowest BCUT2D eigenvalue weighted by molar-refractivity contribution is -0.142. The Morgan fingerprint density at radius 2 is 2.09 bits per heavy atom. The second-order valence-electron chi connectivity index (χ2n) is 4.57. The van der Waals surface area contributed by atoms with Crippen molar-refractivity contribution in [2.45, 2.75) is 26.3 Å². The molecule has 1 rings (SSSR count). The summed E-state index contributed by atoms with van der Waals surface area (Å²) in [5.74, 6) is -0.624. The van der Waals surface area contributed by atoms with Gasteiger partial charge in [0.2, 0.25) is 0 Å². The Morgan fingerprint density at radius 1 is 1.36 bits per heavy atom. The maximum Gasteiger partial charge on any atom is 0.326 e. The van der Waals surface area contributed by atoms with E-state index in [4.69, 9.17) is 14.6 Å². The van der Waals surface area contributed by atoms with Gasteiger partial charge in [0.1, 0.15) is 6.04 Å². The van der Waals surface area contributed by atoms with Crippen LogP contribution in [0.4, 0.5) is 0 Å². The van der Waals surface area contributed by atoms with Crippen LogP contribution in [-0.2, 0) is 9.59 Å². The van der Waals surface area contributed by atoms with Gasteiger partial charge in [0.05, 0.1) is 7.11 Å². The van der Waals surface area contributed by atoms with Gasteiger partial charge in [0.15, 0.2) is 18.1 Å². The van der Waals surface area contributed by atoms with E-state index in [0.717, 1.165) is 5.56 Å². The van der Waals surface area contributed by atoms with Crippen LogP contribution in [0.1, 0.15) is 25.8 Å². The summed E-state index contributed by atoms with van der Waals surface area (Å²) in [5, 5.41) is 11.3. The summed E-state index contributed by atoms with van der Waals surface area (Å²) in [7, 11) is 1.51. The number of carboxylic acids is 1. The van der Waals surface area contributed by atoms with E-state index >= 15 is 0 Å². The van der Waals surface area contributed by atoms with Crippen molar-refractivity contribution in [2.24, 2.45) is 0 Å². The molecule has 6 heteroatoms. The number of hydrogen-bond acceptors (Lipinski definition) is 4. The molecular weight excluding hydrogens is 286 g/mol. The molecule has 1 aromatic rings. The van der Waals surface area contributed by atoms with E-state index in [9.17, 15) is 9.59 Å². The second-order valence-corrected chi connectivity index (χ2v) is 4.57. The molecule has 0 bridgehead atoms. The number of ether oxygens (including phenoxy) is 2. The summed E-state index contributed by atoms with van der Waals surface area (Å²) in [5.41, 5.74) is 0.952. The fourth-order valence-electron chi connectivity index (χ4n) is 1.82. The quantitative estimate of drug-likeness (QED) is 0.768. The number of nitrogens with one attached hydrogen (secondary N) is 1. The number of methoxy groups -OCH3 is 1. The highest BCUT2D eigenvalue weighted by atomic mass is 16.5. The van der Waals surface area contributed by atoms with Gasteiger partial charge in [-0.15, -0.1) is 0 Å². The first kappa shape index (κ1) is 17.6. The molecule has 0 heterocycles. The third-order valence-electron chi connectivity index (χ3n) is 2.95. The zero-order valence-corrected chi connectivity index (χ0v) is 13.0. The lowest BCUT2D eigenvalue weighted by Gasteiger charge is -2.14. The lowest BCUT2D eigenvalue weighted by atomic mass is 10.2. The monoisotopic (exact) mass is 307 g/mol. The molecule has 0 saturated heterocycles. The minimum Gasteiger partial charge on any atom is -0.493 e. The van der Waals surface area contributed by atoms with Gasteiger partial charge in [-0.3, -0.25) is 4.79 Å². The van der Waals surface area contributed by atoms with Gasteiger partial charge < -0.3 is 19.9 Å². The van der Waals surface area contributed by atoms with Gasteiger partial charge in [-0.1, -0.05) is 25.1 Å². The molecule has 0 radical (unpaired) electrons. The minimum atomic E-state index is -1.07. The number of carboxylic acid groups (broad SMARTS) is 1. The smallest absolute Gasteiger partial charge is 0.326 e. The molecule has 2 N–H and O–H groups in total. The summed E-state index contributed by atoms with van der Waals surface area (Å²) in [6.45, 7) is 3.32. The Hall–Kier alpha value is -2.50. The van der Waals surface area contributed by atoms with E-state index in [1.54, 1.807) is 19.1 Å². The third kappa shape index (κ3) is 5.12. The first-order valence-electron chi connectivity index (χ1n) is 6.97. The van der Waals surface area contributed by atoms with E-state index in [1.807, 2.05) is 25.1 Å². The molecule has 0 aliphatic heterocycles. The van der Waals surface area contributed by atoms with Crippen molar-refractivity contribution in [3.05, 3.63) is 29.8 Å². The number of rotatable bonds is 8. The topological polar surface area (TPSA) is 84.9 Å². The molecule has 1 unspecified atom stereocenters. The summed E-state index contributed by atoms with van der Waals surface area (Å²) < 4.78 is 10.6. The molecule has 0 fully saturated rings. The van der Waals surface area contributed by atoms with Crippen LogP contribution in [0.2, 0.25) is 0 Å². The van der Waals surface area contributed by atoms with Crippen LogP contribution < -0.4 is 14.8 Å². The SMILES string of the molecule is C/C=C/c1ccc(OCC(=O)NC(CC)C(=O)O)c(OC)c1. The second kappa shape index (κ2) is 8.71. The number of allylic oxidation sites excluding steroid dienone is 1. The third-order valence-corrected chi connectivity index (χ3v) is 2.95. The molecule has 0 aromatic heterocycles. The number of hydrogen-bond donors (Lipinski definition) is 2. The normalized spacial score (nSPS) is 12.0. The van der Waals surface area contributed by atoms with Crippen LogP contribution in [0, 0.1) is 0 Å². The Morgan fingerprint density at radius 3 is 2.64 bits per heavy atom. The molecule has 0 aliphatic rings. The van der Waals surface area contributed by atoms with Gasteiger partial charge in [-0.2, -0.15) is 0 Å². The zero-order valence-electron chi connectivity index (χ0n) is 13.0. The van der Waals surface area contributed by atoms with E-state index in [2.05, 4.69) is 5.32 Å². The number of carbonyl (C=O) groups is 2. The predicted molar refractivity (Wildman–Crippen MR) is 83.1 cm³/mol. The van der Waals surface area contributed by atoms with Crippen LogP contribution in [0.3, 0.4) is 0 Å². The molecule has 1 aromatic carbocycles. The molecule has 0 aliphatic carbocycles. The Balaban J connectivity index is 2.67. The van der Waals surface area contributed by atoms with E-state index in [0.29, 0.717) is 17.9 Å². The molecule has 6 nitrogen and oxygen atoms in total. The standard InChI is InChI=1S/C16H21NO5/c1-4-6-11-7-8-13(14(9-11)21-3)22-10-15(18)17-12(5-2)16(19)20/h4,6-9,12H,5,10H2,1-3H3,(H,17,18)(H,19,20)/b6-4+. The summed E-state index contributed by atoms with van der Waals surface area (Å²) in [4.78, 5) is 22.6. The average molecular weight is 307 g/mol. The maximum atomic E-state index is 11.7. The first-order valence-corrected chi connectivity index (χ1v) is 6.97. The number of aliphatic carboxylic acids is 1. The number of carbonyl (C=O) groups excluding carboxylic acids is 1. The highest BCUT2D eigenvalue weighted by Gasteiger charge is 2.18. The average Bonchev–Trinajstić information content (AvgIpc) is 2.51. The minimum absolute atomic E-state index is 0.275. The van der Waals surface area contributed by atoms with Crippen molar-refractivity contribution in [2.75, 3.05) is 13.7 Å². The van der Waals surface area contributed by atoms with Crippen molar-refractivity contribution in [1.82, 2.24) is 5.32 Å². The molecular formula is C16H21NO5. The van der Waals surface area contributed by atoms with Crippen molar-refractivity contribution >= 4 is 18.0 Å².